The highest BCUT2D eigenvalue weighted by atomic mass is 32.2. The molecular weight excluding hydrogens is 416 g/mol. The summed E-state index contributed by atoms with van der Waals surface area (Å²) in [5, 5.41) is 12.4. The third-order valence-electron chi connectivity index (χ3n) is 4.94. The molecule has 1 amide bonds. The van der Waals surface area contributed by atoms with Crippen LogP contribution in [0.25, 0.3) is 0 Å². The Labute approximate surface area is 184 Å². The number of carbonyl (C=O) groups is 1. The van der Waals surface area contributed by atoms with Crippen LogP contribution in [0.2, 0.25) is 0 Å². The maximum atomic E-state index is 12.6. The van der Waals surface area contributed by atoms with Crippen LogP contribution in [0.15, 0.2) is 53.0 Å². The van der Waals surface area contributed by atoms with Gasteiger partial charge in [-0.05, 0) is 36.2 Å². The van der Waals surface area contributed by atoms with Crippen LogP contribution in [-0.4, -0.2) is 57.9 Å². The standard InChI is InChI=1S/C21H24N6OS2/c1-2-16-6-8-17(9-7-16)23-20-24-25-21(30-20)29-15-19(28)27-13-11-26(12-14-27)18-5-3-4-10-22-18/h3-10H,2,11-15H2,1H3,(H,23,24). The number of thioether (sulfide) groups is 1. The van der Waals surface area contributed by atoms with Gasteiger partial charge in [-0.1, -0.05) is 48.2 Å². The van der Waals surface area contributed by atoms with E-state index in [0.717, 1.165) is 40.5 Å². The van der Waals surface area contributed by atoms with Crippen molar-refractivity contribution in [3.05, 3.63) is 54.2 Å². The number of benzene rings is 1. The van der Waals surface area contributed by atoms with Gasteiger partial charge in [-0.25, -0.2) is 4.98 Å². The molecule has 0 aliphatic carbocycles. The molecule has 3 aromatic rings. The SMILES string of the molecule is CCc1ccc(Nc2nnc(SCC(=O)N3CCN(c4ccccn4)CC3)s2)cc1. The number of hydrogen-bond donors (Lipinski definition) is 1. The molecule has 9 heteroatoms. The largest absolute Gasteiger partial charge is 0.353 e. The minimum absolute atomic E-state index is 0.139. The van der Waals surface area contributed by atoms with E-state index in [0.29, 0.717) is 18.8 Å². The Morgan fingerprint density at radius 2 is 1.90 bits per heavy atom. The highest BCUT2D eigenvalue weighted by Crippen LogP contribution is 2.28. The van der Waals surface area contributed by atoms with Crippen molar-refractivity contribution in [3.8, 4) is 0 Å². The van der Waals surface area contributed by atoms with E-state index >= 15 is 0 Å². The predicted molar refractivity (Wildman–Crippen MR) is 123 cm³/mol. The van der Waals surface area contributed by atoms with E-state index in [4.69, 9.17) is 0 Å². The maximum absolute atomic E-state index is 12.6. The van der Waals surface area contributed by atoms with Crippen LogP contribution >= 0.6 is 23.1 Å². The molecule has 0 spiro atoms. The molecule has 4 rings (SSSR count). The fraction of sp³-hybridized carbons (Fsp3) is 0.333. The summed E-state index contributed by atoms with van der Waals surface area (Å²) in [6, 6.07) is 14.2. The Kier molecular flexibility index (Phi) is 6.81. The number of carbonyl (C=O) groups excluding carboxylic acids is 1. The Morgan fingerprint density at radius 3 is 2.60 bits per heavy atom. The number of nitrogens with one attached hydrogen (secondary N) is 1. The van der Waals surface area contributed by atoms with Crippen molar-refractivity contribution in [1.29, 1.82) is 0 Å². The summed E-state index contributed by atoms with van der Waals surface area (Å²) in [5.41, 5.74) is 2.29. The molecule has 7 nitrogen and oxygen atoms in total. The Balaban J connectivity index is 1.23. The van der Waals surface area contributed by atoms with Gasteiger partial charge in [-0.15, -0.1) is 10.2 Å². The highest BCUT2D eigenvalue weighted by Gasteiger charge is 2.22. The van der Waals surface area contributed by atoms with Crippen LogP contribution < -0.4 is 10.2 Å². The number of aromatic nitrogens is 3. The summed E-state index contributed by atoms with van der Waals surface area (Å²) < 4.78 is 0.795. The topological polar surface area (TPSA) is 74.2 Å². The quantitative estimate of drug-likeness (QED) is 0.562. The summed E-state index contributed by atoms with van der Waals surface area (Å²) in [6.07, 6.45) is 2.82. The summed E-state index contributed by atoms with van der Waals surface area (Å²) in [4.78, 5) is 21.1. The van der Waals surface area contributed by atoms with E-state index in [1.807, 2.05) is 35.2 Å². The summed E-state index contributed by atoms with van der Waals surface area (Å²) in [5.74, 6) is 1.49. The van der Waals surface area contributed by atoms with Gasteiger partial charge in [0.15, 0.2) is 4.34 Å². The van der Waals surface area contributed by atoms with Gasteiger partial charge < -0.3 is 15.1 Å². The van der Waals surface area contributed by atoms with E-state index in [1.165, 1.54) is 28.7 Å². The minimum atomic E-state index is 0.139. The van der Waals surface area contributed by atoms with Gasteiger partial charge in [0.25, 0.3) is 0 Å². The lowest BCUT2D eigenvalue weighted by Crippen LogP contribution is -2.49. The van der Waals surface area contributed by atoms with E-state index in [1.54, 1.807) is 6.20 Å². The average molecular weight is 441 g/mol. The van der Waals surface area contributed by atoms with Gasteiger partial charge in [-0.2, -0.15) is 0 Å². The van der Waals surface area contributed by atoms with Crippen LogP contribution in [0.1, 0.15) is 12.5 Å². The number of hydrogen-bond acceptors (Lipinski definition) is 8. The fourth-order valence-corrected chi connectivity index (χ4v) is 4.88. The average Bonchev–Trinajstić information content (AvgIpc) is 3.26. The molecule has 1 N–H and O–H groups in total. The van der Waals surface area contributed by atoms with Crippen molar-refractivity contribution >= 4 is 45.6 Å². The van der Waals surface area contributed by atoms with Crippen LogP contribution in [0.5, 0.6) is 0 Å². The van der Waals surface area contributed by atoms with Crippen LogP contribution in [-0.2, 0) is 11.2 Å². The molecule has 3 heterocycles. The summed E-state index contributed by atoms with van der Waals surface area (Å²) in [7, 11) is 0. The maximum Gasteiger partial charge on any atom is 0.233 e. The number of piperazine rings is 1. The molecule has 1 saturated heterocycles. The zero-order valence-electron chi connectivity index (χ0n) is 16.8. The third-order valence-corrected chi connectivity index (χ3v) is 6.90. The lowest BCUT2D eigenvalue weighted by Gasteiger charge is -2.35. The molecule has 1 aliphatic rings. The van der Waals surface area contributed by atoms with Gasteiger partial charge in [-0.3, -0.25) is 4.79 Å². The molecule has 0 bridgehead atoms. The molecule has 1 fully saturated rings. The number of nitrogens with zero attached hydrogens (tertiary/aromatic N) is 5. The van der Waals surface area contributed by atoms with E-state index in [2.05, 4.69) is 44.5 Å². The summed E-state index contributed by atoms with van der Waals surface area (Å²) in [6.45, 7) is 5.17. The summed E-state index contributed by atoms with van der Waals surface area (Å²) >= 11 is 2.91. The molecule has 0 atom stereocenters. The molecule has 0 saturated carbocycles. The molecule has 0 radical (unpaired) electrons. The zero-order valence-corrected chi connectivity index (χ0v) is 18.5. The monoisotopic (exact) mass is 440 g/mol. The van der Waals surface area contributed by atoms with Gasteiger partial charge in [0.2, 0.25) is 11.0 Å². The second-order valence-corrected chi connectivity index (χ2v) is 9.09. The Bertz CT molecular complexity index is 955. The third kappa shape index (κ3) is 5.28. The normalized spacial score (nSPS) is 14.0. The van der Waals surface area contributed by atoms with Crippen molar-refractivity contribution in [1.82, 2.24) is 20.1 Å². The zero-order chi connectivity index (χ0) is 20.8. The van der Waals surface area contributed by atoms with E-state index < -0.39 is 0 Å². The number of rotatable bonds is 7. The molecular formula is C21H24N6OS2. The fourth-order valence-electron chi connectivity index (χ4n) is 3.21. The molecule has 1 aliphatic heterocycles. The predicted octanol–water partition coefficient (Wildman–Crippen LogP) is 3.68. The number of anilines is 3. The lowest BCUT2D eigenvalue weighted by molar-refractivity contribution is -0.128. The number of pyridine rings is 1. The molecule has 2 aromatic heterocycles. The smallest absolute Gasteiger partial charge is 0.233 e. The first-order valence-corrected chi connectivity index (χ1v) is 11.8. The molecule has 156 valence electrons. The van der Waals surface area contributed by atoms with E-state index in [-0.39, 0.29) is 5.91 Å². The first-order valence-electron chi connectivity index (χ1n) is 9.97. The first kappa shape index (κ1) is 20.6. The van der Waals surface area contributed by atoms with E-state index in [9.17, 15) is 4.79 Å². The van der Waals surface area contributed by atoms with Crippen molar-refractivity contribution in [2.45, 2.75) is 17.7 Å². The van der Waals surface area contributed by atoms with Crippen molar-refractivity contribution in [2.24, 2.45) is 0 Å². The minimum Gasteiger partial charge on any atom is -0.353 e. The van der Waals surface area contributed by atoms with Gasteiger partial charge in [0.05, 0.1) is 5.75 Å². The molecule has 1 aromatic carbocycles. The van der Waals surface area contributed by atoms with Crippen molar-refractivity contribution < 1.29 is 4.79 Å². The second kappa shape index (κ2) is 9.90. The van der Waals surface area contributed by atoms with Gasteiger partial charge in [0.1, 0.15) is 5.82 Å². The van der Waals surface area contributed by atoms with Crippen molar-refractivity contribution in [3.63, 3.8) is 0 Å². The lowest BCUT2D eigenvalue weighted by atomic mass is 10.1. The number of aryl methyl sites for hydroxylation is 1. The first-order chi connectivity index (χ1) is 14.7. The van der Waals surface area contributed by atoms with Crippen LogP contribution in [0.4, 0.5) is 16.6 Å². The second-order valence-electron chi connectivity index (χ2n) is 6.89. The Morgan fingerprint density at radius 1 is 1.10 bits per heavy atom. The Hall–Kier alpha value is -2.65. The van der Waals surface area contributed by atoms with Gasteiger partial charge in [0, 0.05) is 38.1 Å². The number of amides is 1. The van der Waals surface area contributed by atoms with Gasteiger partial charge >= 0.3 is 0 Å². The van der Waals surface area contributed by atoms with Crippen LogP contribution in [0, 0.1) is 0 Å². The van der Waals surface area contributed by atoms with Crippen molar-refractivity contribution in [2.75, 3.05) is 42.1 Å². The molecule has 30 heavy (non-hydrogen) atoms. The van der Waals surface area contributed by atoms with Crippen LogP contribution in [0.3, 0.4) is 0 Å². The molecule has 0 unspecified atom stereocenters. The highest BCUT2D eigenvalue weighted by molar-refractivity contribution is 8.01.